The minimum atomic E-state index is -0.674. The zero-order valence-electron chi connectivity index (χ0n) is 6.44. The van der Waals surface area contributed by atoms with E-state index in [2.05, 4.69) is 15.0 Å². The van der Waals surface area contributed by atoms with Gasteiger partial charge in [0, 0.05) is 0 Å². The van der Waals surface area contributed by atoms with Crippen LogP contribution in [0, 0.1) is 0 Å². The van der Waals surface area contributed by atoms with Crippen molar-refractivity contribution in [2.45, 2.75) is 6.73 Å². The van der Waals surface area contributed by atoms with E-state index in [0.29, 0.717) is 4.57 Å². The number of H-pyrrole nitrogens is 2. The molecule has 0 amide bonds. The summed E-state index contributed by atoms with van der Waals surface area (Å²) in [5, 5.41) is 8.70. The van der Waals surface area contributed by atoms with E-state index < -0.39 is 18.0 Å². The highest BCUT2D eigenvalue weighted by Crippen LogP contribution is 1.94. The van der Waals surface area contributed by atoms with Crippen molar-refractivity contribution in [2.75, 3.05) is 0 Å². The monoisotopic (exact) mass is 182 g/mol. The summed E-state index contributed by atoms with van der Waals surface area (Å²) in [6.07, 6.45) is 1.30. The molecule has 0 radical (unpaired) electrons. The predicted octanol–water partition coefficient (Wildman–Crippen LogP) is -1.64. The summed E-state index contributed by atoms with van der Waals surface area (Å²) >= 11 is 0. The molecule has 0 bridgehead atoms. The van der Waals surface area contributed by atoms with Gasteiger partial charge in [-0.2, -0.15) is 0 Å². The van der Waals surface area contributed by atoms with E-state index in [9.17, 15) is 9.59 Å². The highest BCUT2D eigenvalue weighted by atomic mass is 16.3. The number of fused-ring (bicyclic) bond motifs is 1. The highest BCUT2D eigenvalue weighted by Gasteiger charge is 2.07. The molecule has 13 heavy (non-hydrogen) atoms. The van der Waals surface area contributed by atoms with E-state index in [1.807, 2.05) is 0 Å². The third-order valence-electron chi connectivity index (χ3n) is 1.71. The third kappa shape index (κ3) is 0.975. The van der Waals surface area contributed by atoms with Crippen LogP contribution in [0.5, 0.6) is 0 Å². The molecule has 0 unspecified atom stereocenters. The van der Waals surface area contributed by atoms with Gasteiger partial charge in [-0.1, -0.05) is 0 Å². The Kier molecular flexibility index (Phi) is 1.52. The Morgan fingerprint density at radius 3 is 3.00 bits per heavy atom. The Labute approximate surface area is 70.7 Å². The average molecular weight is 182 g/mol. The number of rotatable bonds is 1. The van der Waals surface area contributed by atoms with E-state index in [1.54, 1.807) is 0 Å². The van der Waals surface area contributed by atoms with Gasteiger partial charge in [0.2, 0.25) is 0 Å². The molecule has 68 valence electrons. The molecule has 3 N–H and O–H groups in total. The van der Waals surface area contributed by atoms with Crippen LogP contribution in [0.15, 0.2) is 15.9 Å². The van der Waals surface area contributed by atoms with Gasteiger partial charge in [0.15, 0.2) is 5.65 Å². The number of nitrogens with one attached hydrogen (secondary N) is 2. The zero-order chi connectivity index (χ0) is 9.42. The van der Waals surface area contributed by atoms with Gasteiger partial charge >= 0.3 is 5.69 Å². The summed E-state index contributed by atoms with van der Waals surface area (Å²) in [6.45, 7) is -0.650. The zero-order valence-corrected chi connectivity index (χ0v) is 6.44. The number of imidazole rings is 1. The Balaban J connectivity index is 3.02. The third-order valence-corrected chi connectivity index (χ3v) is 1.71. The number of aliphatic hydroxyl groups excluding tert-OH is 1. The smallest absolute Gasteiger partial charge is 0.332 e. The van der Waals surface area contributed by atoms with Gasteiger partial charge in [0.1, 0.15) is 12.2 Å². The number of hydrogen-bond acceptors (Lipinski definition) is 4. The molecule has 0 saturated heterocycles. The van der Waals surface area contributed by atoms with Crippen molar-refractivity contribution in [2.24, 2.45) is 0 Å². The van der Waals surface area contributed by atoms with Crippen LogP contribution in [-0.2, 0) is 6.73 Å². The summed E-state index contributed by atoms with van der Waals surface area (Å²) in [4.78, 5) is 31.0. The molecule has 2 aromatic heterocycles. The van der Waals surface area contributed by atoms with Crippen LogP contribution in [0.4, 0.5) is 0 Å². The van der Waals surface area contributed by atoms with Crippen molar-refractivity contribution >= 4 is 11.2 Å². The summed E-state index contributed by atoms with van der Waals surface area (Å²) in [5.41, 5.74) is -0.890. The Bertz CT molecular complexity index is 549. The molecular weight excluding hydrogens is 176 g/mol. The van der Waals surface area contributed by atoms with Crippen molar-refractivity contribution in [1.82, 2.24) is 19.5 Å². The van der Waals surface area contributed by atoms with Gasteiger partial charge in [-0.05, 0) is 0 Å². The van der Waals surface area contributed by atoms with Crippen molar-refractivity contribution in [3.63, 3.8) is 0 Å². The molecule has 7 nitrogen and oxygen atoms in total. The Morgan fingerprint density at radius 2 is 2.31 bits per heavy atom. The van der Waals surface area contributed by atoms with Gasteiger partial charge in [-0.3, -0.25) is 9.78 Å². The lowest BCUT2D eigenvalue weighted by atomic mass is 10.5. The largest absolute Gasteiger partial charge is 0.376 e. The molecular formula is C6H6N4O3. The van der Waals surface area contributed by atoms with Gasteiger partial charge in [-0.25, -0.2) is 14.3 Å². The summed E-state index contributed by atoms with van der Waals surface area (Å²) in [7, 11) is 0. The quantitative estimate of drug-likeness (QED) is 0.492. The SMILES string of the molecule is O=c1[nH]c2nc[nH]c2c(=O)n1CO. The van der Waals surface area contributed by atoms with E-state index in [1.165, 1.54) is 6.33 Å². The first-order chi connectivity index (χ1) is 6.24. The van der Waals surface area contributed by atoms with Crippen LogP contribution in [0.25, 0.3) is 11.2 Å². The maximum Gasteiger partial charge on any atom is 0.332 e. The second kappa shape index (κ2) is 2.56. The summed E-state index contributed by atoms with van der Waals surface area (Å²) in [6, 6.07) is 0. The second-order valence-electron chi connectivity index (χ2n) is 2.43. The standard InChI is InChI=1S/C6H6N4O3/c11-2-10-5(12)3-4(8-1-7-3)9-6(10)13/h1,11H,2H2,(H,7,8)(H,9,13). The number of aliphatic hydroxyl groups is 1. The Morgan fingerprint density at radius 1 is 1.54 bits per heavy atom. The minimum Gasteiger partial charge on any atom is -0.376 e. The summed E-state index contributed by atoms with van der Waals surface area (Å²) in [5.74, 6) is 0. The van der Waals surface area contributed by atoms with Crippen LogP contribution >= 0.6 is 0 Å². The van der Waals surface area contributed by atoms with Gasteiger partial charge < -0.3 is 10.1 Å². The highest BCUT2D eigenvalue weighted by molar-refractivity contribution is 5.67. The lowest BCUT2D eigenvalue weighted by molar-refractivity contribution is 0.201. The molecule has 0 spiro atoms. The number of hydrogen-bond donors (Lipinski definition) is 3. The van der Waals surface area contributed by atoms with Crippen molar-refractivity contribution in [3.05, 3.63) is 27.2 Å². The van der Waals surface area contributed by atoms with Crippen LogP contribution in [0.2, 0.25) is 0 Å². The van der Waals surface area contributed by atoms with Gasteiger partial charge in [0.05, 0.1) is 6.33 Å². The molecule has 2 aromatic rings. The molecule has 0 atom stereocenters. The minimum absolute atomic E-state index is 0.175. The van der Waals surface area contributed by atoms with Crippen molar-refractivity contribution in [3.8, 4) is 0 Å². The second-order valence-corrected chi connectivity index (χ2v) is 2.43. The molecule has 7 heteroatoms. The first-order valence-corrected chi connectivity index (χ1v) is 3.51. The lowest BCUT2D eigenvalue weighted by Gasteiger charge is -1.97. The molecule has 2 heterocycles. The predicted molar refractivity (Wildman–Crippen MR) is 43.2 cm³/mol. The molecule has 0 saturated carbocycles. The fourth-order valence-electron chi connectivity index (χ4n) is 1.08. The van der Waals surface area contributed by atoms with Crippen LogP contribution in [0.3, 0.4) is 0 Å². The van der Waals surface area contributed by atoms with E-state index in [0.717, 1.165) is 0 Å². The molecule has 0 aliphatic carbocycles. The number of nitrogens with zero attached hydrogens (tertiary/aromatic N) is 2. The van der Waals surface area contributed by atoms with Crippen LogP contribution in [-0.4, -0.2) is 24.6 Å². The molecule has 2 rings (SSSR count). The van der Waals surface area contributed by atoms with Crippen molar-refractivity contribution in [1.29, 1.82) is 0 Å². The van der Waals surface area contributed by atoms with E-state index in [4.69, 9.17) is 5.11 Å². The topological polar surface area (TPSA) is 104 Å². The van der Waals surface area contributed by atoms with Crippen LogP contribution < -0.4 is 11.2 Å². The first kappa shape index (κ1) is 7.74. The number of aromatic nitrogens is 4. The first-order valence-electron chi connectivity index (χ1n) is 3.51. The molecule has 0 aromatic carbocycles. The van der Waals surface area contributed by atoms with Gasteiger partial charge in [-0.15, -0.1) is 0 Å². The lowest BCUT2D eigenvalue weighted by Crippen LogP contribution is -2.35. The Hall–Kier alpha value is -1.89. The van der Waals surface area contributed by atoms with Crippen molar-refractivity contribution < 1.29 is 5.11 Å². The normalized spacial score (nSPS) is 10.8. The molecule has 0 aliphatic rings. The maximum absolute atomic E-state index is 11.4. The van der Waals surface area contributed by atoms with E-state index >= 15 is 0 Å². The fraction of sp³-hybridized carbons (Fsp3) is 0.167. The van der Waals surface area contributed by atoms with E-state index in [-0.39, 0.29) is 11.2 Å². The fourth-order valence-corrected chi connectivity index (χ4v) is 1.08. The molecule has 0 fully saturated rings. The number of aromatic amines is 2. The van der Waals surface area contributed by atoms with Crippen LogP contribution in [0.1, 0.15) is 0 Å². The summed E-state index contributed by atoms with van der Waals surface area (Å²) < 4.78 is 0.667. The average Bonchev–Trinajstić information content (AvgIpc) is 2.53. The maximum atomic E-state index is 11.4. The van der Waals surface area contributed by atoms with Gasteiger partial charge in [0.25, 0.3) is 5.56 Å². The molecule has 0 aliphatic heterocycles.